The molecule has 1 atom stereocenters. The third-order valence-corrected chi connectivity index (χ3v) is 5.68. The monoisotopic (exact) mass is 432 g/mol. The minimum Gasteiger partial charge on any atom is -0.355 e. The van der Waals surface area contributed by atoms with Crippen LogP contribution in [0.3, 0.4) is 0 Å². The van der Waals surface area contributed by atoms with E-state index in [4.69, 9.17) is 0 Å². The Bertz CT molecular complexity index is 973. The molecule has 2 saturated heterocycles. The smallest absolute Gasteiger partial charge is 0.355 e. The molecule has 1 N–H and O–H groups in total. The van der Waals surface area contributed by atoms with Gasteiger partial charge in [0, 0.05) is 37.9 Å². The van der Waals surface area contributed by atoms with Crippen molar-refractivity contribution in [1.29, 1.82) is 0 Å². The van der Waals surface area contributed by atoms with Crippen LogP contribution < -0.4 is 15.1 Å². The summed E-state index contributed by atoms with van der Waals surface area (Å²) in [6, 6.07) is 8.11. The number of hydrogen-bond donors (Lipinski definition) is 1. The number of pyridine rings is 1. The first-order chi connectivity index (χ1) is 14.8. The fourth-order valence-corrected chi connectivity index (χ4v) is 4.07. The van der Waals surface area contributed by atoms with Crippen molar-refractivity contribution in [3.05, 3.63) is 48.2 Å². The molecule has 0 bridgehead atoms. The highest BCUT2D eigenvalue weighted by atomic mass is 19.4. The Hall–Kier alpha value is -3.10. The third kappa shape index (κ3) is 4.65. The second-order valence-corrected chi connectivity index (χ2v) is 7.87. The summed E-state index contributed by atoms with van der Waals surface area (Å²) in [5, 5.41) is 2.88. The highest BCUT2D eigenvalue weighted by Crippen LogP contribution is 2.34. The molecule has 1 aromatic heterocycles. The van der Waals surface area contributed by atoms with Gasteiger partial charge in [-0.05, 0) is 49.6 Å². The van der Waals surface area contributed by atoms with Crippen LogP contribution in [0.2, 0.25) is 0 Å². The fourth-order valence-electron chi connectivity index (χ4n) is 4.07. The van der Waals surface area contributed by atoms with Crippen LogP contribution in [-0.4, -0.2) is 36.4 Å². The van der Waals surface area contributed by atoms with Crippen molar-refractivity contribution >= 4 is 29.0 Å². The summed E-state index contributed by atoms with van der Waals surface area (Å²) in [7, 11) is 0. The first-order valence-electron chi connectivity index (χ1n) is 10.3. The Kier molecular flexibility index (Phi) is 5.84. The summed E-state index contributed by atoms with van der Waals surface area (Å²) >= 11 is 0. The molecule has 2 fully saturated rings. The molecule has 0 radical (unpaired) electrons. The van der Waals surface area contributed by atoms with Crippen LogP contribution in [0.4, 0.5) is 30.4 Å². The maximum Gasteiger partial charge on any atom is 0.416 e. The lowest BCUT2D eigenvalue weighted by Crippen LogP contribution is -2.32. The van der Waals surface area contributed by atoms with E-state index in [2.05, 4.69) is 15.2 Å². The SMILES string of the molecule is O=C(Nc1cccnc1N1CCCCC1)C1CC(=O)N(c2cccc(C(F)(F)F)c2)C1. The van der Waals surface area contributed by atoms with Gasteiger partial charge in [0.2, 0.25) is 11.8 Å². The van der Waals surface area contributed by atoms with E-state index in [9.17, 15) is 22.8 Å². The summed E-state index contributed by atoms with van der Waals surface area (Å²) < 4.78 is 39.0. The maximum atomic E-state index is 13.0. The second kappa shape index (κ2) is 8.56. The molecule has 4 rings (SSSR count). The van der Waals surface area contributed by atoms with Crippen molar-refractivity contribution in [2.45, 2.75) is 31.9 Å². The van der Waals surface area contributed by atoms with E-state index in [0.29, 0.717) is 11.5 Å². The summed E-state index contributed by atoms with van der Waals surface area (Å²) in [5.41, 5.74) is -0.0999. The second-order valence-electron chi connectivity index (χ2n) is 7.87. The van der Waals surface area contributed by atoms with Crippen LogP contribution in [0.15, 0.2) is 42.6 Å². The molecule has 0 saturated carbocycles. The molecule has 2 aliphatic rings. The van der Waals surface area contributed by atoms with Crippen molar-refractivity contribution in [2.75, 3.05) is 34.8 Å². The van der Waals surface area contributed by atoms with E-state index < -0.39 is 17.7 Å². The molecule has 6 nitrogen and oxygen atoms in total. The Morgan fingerprint density at radius 1 is 1.10 bits per heavy atom. The van der Waals surface area contributed by atoms with Crippen LogP contribution in [0.25, 0.3) is 0 Å². The predicted molar refractivity (Wildman–Crippen MR) is 111 cm³/mol. The van der Waals surface area contributed by atoms with Gasteiger partial charge in [-0.1, -0.05) is 6.07 Å². The number of nitrogens with one attached hydrogen (secondary N) is 1. The van der Waals surface area contributed by atoms with Gasteiger partial charge in [0.25, 0.3) is 0 Å². The van der Waals surface area contributed by atoms with Gasteiger partial charge in [0.15, 0.2) is 5.82 Å². The normalized spacial score (nSPS) is 19.6. The molecule has 3 heterocycles. The fraction of sp³-hybridized carbons (Fsp3) is 0.409. The average molecular weight is 432 g/mol. The zero-order valence-corrected chi connectivity index (χ0v) is 16.9. The lowest BCUT2D eigenvalue weighted by molar-refractivity contribution is -0.137. The molecule has 9 heteroatoms. The number of aromatic nitrogens is 1. The number of amides is 2. The number of rotatable bonds is 4. The summed E-state index contributed by atoms with van der Waals surface area (Å²) in [5.74, 6) is -0.665. The van der Waals surface area contributed by atoms with Gasteiger partial charge in [-0.3, -0.25) is 9.59 Å². The quantitative estimate of drug-likeness (QED) is 0.791. The molecule has 2 amide bonds. The maximum absolute atomic E-state index is 13.0. The Balaban J connectivity index is 1.47. The van der Waals surface area contributed by atoms with E-state index >= 15 is 0 Å². The number of hydrogen-bond acceptors (Lipinski definition) is 4. The van der Waals surface area contributed by atoms with Crippen molar-refractivity contribution in [3.63, 3.8) is 0 Å². The third-order valence-electron chi connectivity index (χ3n) is 5.68. The van der Waals surface area contributed by atoms with Crippen molar-refractivity contribution in [1.82, 2.24) is 4.98 Å². The van der Waals surface area contributed by atoms with E-state index in [1.165, 1.54) is 23.5 Å². The van der Waals surface area contributed by atoms with Crippen LogP contribution in [0, 0.1) is 5.92 Å². The molecule has 0 spiro atoms. The van der Waals surface area contributed by atoms with Crippen LogP contribution >= 0.6 is 0 Å². The first-order valence-corrected chi connectivity index (χ1v) is 10.3. The predicted octanol–water partition coefficient (Wildman–Crippen LogP) is 4.08. The van der Waals surface area contributed by atoms with Gasteiger partial charge in [-0.25, -0.2) is 4.98 Å². The van der Waals surface area contributed by atoms with Crippen molar-refractivity contribution < 1.29 is 22.8 Å². The molecule has 2 aromatic rings. The molecular formula is C22H23F3N4O2. The highest BCUT2D eigenvalue weighted by molar-refractivity contribution is 6.04. The van der Waals surface area contributed by atoms with Gasteiger partial charge in [0.05, 0.1) is 17.2 Å². The number of nitrogens with zero attached hydrogens (tertiary/aromatic N) is 3. The molecule has 164 valence electrons. The molecular weight excluding hydrogens is 409 g/mol. The van der Waals surface area contributed by atoms with Gasteiger partial charge in [-0.2, -0.15) is 13.2 Å². The van der Waals surface area contributed by atoms with Crippen LogP contribution in [0.5, 0.6) is 0 Å². The molecule has 0 aliphatic carbocycles. The lowest BCUT2D eigenvalue weighted by atomic mass is 10.1. The minimum absolute atomic E-state index is 0.0330. The van der Waals surface area contributed by atoms with E-state index in [-0.39, 0.29) is 30.5 Å². The van der Waals surface area contributed by atoms with E-state index in [0.717, 1.165) is 38.1 Å². The van der Waals surface area contributed by atoms with Gasteiger partial charge in [-0.15, -0.1) is 0 Å². The first kappa shape index (κ1) is 21.1. The van der Waals surface area contributed by atoms with E-state index in [1.807, 2.05) is 0 Å². The lowest BCUT2D eigenvalue weighted by Gasteiger charge is -2.29. The van der Waals surface area contributed by atoms with Gasteiger partial charge >= 0.3 is 6.18 Å². The average Bonchev–Trinajstić information content (AvgIpc) is 3.16. The van der Waals surface area contributed by atoms with Crippen molar-refractivity contribution in [2.24, 2.45) is 5.92 Å². The molecule has 1 aromatic carbocycles. The number of halogens is 3. The zero-order valence-electron chi connectivity index (χ0n) is 16.9. The number of piperidine rings is 1. The number of benzene rings is 1. The van der Waals surface area contributed by atoms with Crippen LogP contribution in [-0.2, 0) is 15.8 Å². The standard InChI is InChI=1S/C22H23F3N4O2/c23-22(24,25)16-6-4-7-17(13-16)29-14-15(12-19(29)30)21(31)27-18-8-5-9-26-20(18)28-10-2-1-3-11-28/h4-9,13,15H,1-3,10-12,14H2,(H,27,31). The summed E-state index contributed by atoms with van der Waals surface area (Å²) in [6.45, 7) is 1.77. The number of carbonyl (C=O) groups excluding carboxylic acids is 2. The molecule has 2 aliphatic heterocycles. The largest absolute Gasteiger partial charge is 0.416 e. The Morgan fingerprint density at radius 2 is 1.87 bits per heavy atom. The number of anilines is 3. The Labute approximate surface area is 178 Å². The van der Waals surface area contributed by atoms with Crippen molar-refractivity contribution in [3.8, 4) is 0 Å². The number of alkyl halides is 3. The summed E-state index contributed by atoms with van der Waals surface area (Å²) in [4.78, 5) is 33.1. The summed E-state index contributed by atoms with van der Waals surface area (Å²) in [6.07, 6.45) is 0.414. The molecule has 1 unspecified atom stereocenters. The zero-order chi connectivity index (χ0) is 22.0. The van der Waals surface area contributed by atoms with E-state index in [1.54, 1.807) is 18.3 Å². The van der Waals surface area contributed by atoms with Crippen LogP contribution in [0.1, 0.15) is 31.2 Å². The molecule has 31 heavy (non-hydrogen) atoms. The topological polar surface area (TPSA) is 65.5 Å². The van der Waals surface area contributed by atoms with Gasteiger partial charge < -0.3 is 15.1 Å². The Morgan fingerprint density at radius 3 is 2.61 bits per heavy atom. The van der Waals surface area contributed by atoms with Gasteiger partial charge in [0.1, 0.15) is 0 Å². The number of carbonyl (C=O) groups is 2. The highest BCUT2D eigenvalue weighted by Gasteiger charge is 2.37. The minimum atomic E-state index is -4.50.